The van der Waals surface area contributed by atoms with Crippen molar-refractivity contribution in [2.24, 2.45) is 0 Å². The van der Waals surface area contributed by atoms with Crippen LogP contribution in [0.3, 0.4) is 0 Å². The Balaban J connectivity index is 2.07. The lowest BCUT2D eigenvalue weighted by Crippen LogP contribution is -2.03. The zero-order valence-corrected chi connectivity index (χ0v) is 12.4. The number of ether oxygens (including phenoxy) is 1. The third kappa shape index (κ3) is 2.42. The van der Waals surface area contributed by atoms with Gasteiger partial charge in [0.2, 0.25) is 0 Å². The number of nitrogens with zero attached hydrogens (tertiary/aromatic N) is 3. The molecule has 3 aromatic rings. The van der Waals surface area contributed by atoms with Gasteiger partial charge in [0.05, 0.1) is 23.2 Å². The van der Waals surface area contributed by atoms with Gasteiger partial charge in [-0.1, -0.05) is 11.3 Å². The molecule has 0 saturated heterocycles. The largest absolute Gasteiger partial charge is 0.465 e. The first-order valence-electron chi connectivity index (χ1n) is 6.38. The van der Waals surface area contributed by atoms with E-state index in [0.29, 0.717) is 23.2 Å². The third-order valence-electron chi connectivity index (χ3n) is 3.10. The van der Waals surface area contributed by atoms with Crippen molar-refractivity contribution in [1.29, 1.82) is 0 Å². The van der Waals surface area contributed by atoms with Crippen LogP contribution in [0.15, 0.2) is 41.8 Å². The first kappa shape index (κ1) is 14.2. The molecule has 2 aromatic heterocycles. The van der Waals surface area contributed by atoms with Gasteiger partial charge in [-0.2, -0.15) is 0 Å². The second kappa shape index (κ2) is 5.90. The molecule has 110 valence electrons. The lowest BCUT2D eigenvalue weighted by atomic mass is 10.2. The molecule has 7 heteroatoms. The average molecular weight is 313 g/mol. The van der Waals surface area contributed by atoms with E-state index in [1.807, 2.05) is 17.5 Å². The molecule has 22 heavy (non-hydrogen) atoms. The van der Waals surface area contributed by atoms with Crippen LogP contribution in [-0.2, 0) is 4.74 Å². The highest BCUT2D eigenvalue weighted by Crippen LogP contribution is 2.28. The molecule has 0 amide bonds. The molecule has 1 aromatic carbocycles. The maximum absolute atomic E-state index is 11.5. The fourth-order valence-corrected chi connectivity index (χ4v) is 2.82. The maximum atomic E-state index is 11.5. The Labute approximate surface area is 130 Å². The van der Waals surface area contributed by atoms with Crippen molar-refractivity contribution in [2.45, 2.75) is 0 Å². The molecule has 2 heterocycles. The zero-order valence-electron chi connectivity index (χ0n) is 11.6. The number of rotatable bonds is 4. The Hall–Kier alpha value is -2.80. The lowest BCUT2D eigenvalue weighted by Gasteiger charge is -2.06. The molecule has 0 unspecified atom stereocenters. The average Bonchev–Trinajstić information content (AvgIpc) is 3.22. The number of hydrogen-bond donors (Lipinski definition) is 0. The molecule has 0 atom stereocenters. The van der Waals surface area contributed by atoms with Crippen molar-refractivity contribution in [1.82, 2.24) is 15.0 Å². The molecular weight excluding hydrogens is 302 g/mol. The summed E-state index contributed by atoms with van der Waals surface area (Å²) < 4.78 is 6.25. The van der Waals surface area contributed by atoms with Crippen molar-refractivity contribution in [3.05, 3.63) is 53.0 Å². The van der Waals surface area contributed by atoms with E-state index in [1.54, 1.807) is 28.9 Å². The quantitative estimate of drug-likeness (QED) is 0.547. The molecule has 6 nitrogen and oxygen atoms in total. The Morgan fingerprint density at radius 2 is 2.05 bits per heavy atom. The number of thiophene rings is 1. The van der Waals surface area contributed by atoms with E-state index in [4.69, 9.17) is 0 Å². The zero-order chi connectivity index (χ0) is 15.5. The molecule has 0 radical (unpaired) electrons. The molecule has 0 aliphatic heterocycles. The number of methoxy groups -OCH3 is 1. The predicted octanol–water partition coefficient (Wildman–Crippen LogP) is 2.59. The van der Waals surface area contributed by atoms with Crippen molar-refractivity contribution in [2.75, 3.05) is 7.11 Å². The summed E-state index contributed by atoms with van der Waals surface area (Å²) in [6.07, 6.45) is 0.682. The van der Waals surface area contributed by atoms with E-state index in [2.05, 4.69) is 15.0 Å². The molecular formula is C15H11N3O3S. The Bertz CT molecular complexity index is 807. The Morgan fingerprint density at radius 3 is 2.64 bits per heavy atom. The lowest BCUT2D eigenvalue weighted by molar-refractivity contribution is 0.0600. The molecule has 0 N–H and O–H groups in total. The monoisotopic (exact) mass is 313 g/mol. The second-order valence-electron chi connectivity index (χ2n) is 4.37. The van der Waals surface area contributed by atoms with Gasteiger partial charge in [0.1, 0.15) is 5.69 Å². The van der Waals surface area contributed by atoms with Crippen LogP contribution in [0.1, 0.15) is 20.8 Å². The van der Waals surface area contributed by atoms with Gasteiger partial charge in [-0.15, -0.1) is 16.4 Å². The van der Waals surface area contributed by atoms with Crippen LogP contribution in [0, 0.1) is 0 Å². The molecule has 0 aliphatic carbocycles. The highest BCUT2D eigenvalue weighted by atomic mass is 32.1. The van der Waals surface area contributed by atoms with Gasteiger partial charge in [0.15, 0.2) is 12.0 Å². The summed E-state index contributed by atoms with van der Waals surface area (Å²) in [6, 6.07) is 10.5. The third-order valence-corrected chi connectivity index (χ3v) is 3.97. The van der Waals surface area contributed by atoms with Crippen LogP contribution in [0.25, 0.3) is 16.3 Å². The number of esters is 1. The molecule has 0 spiro atoms. The highest BCUT2D eigenvalue weighted by molar-refractivity contribution is 7.13. The normalized spacial score (nSPS) is 10.4. The van der Waals surface area contributed by atoms with Gasteiger partial charge < -0.3 is 4.74 Å². The number of benzene rings is 1. The SMILES string of the molecule is COC(=O)c1ccc(-n2nnc(C=O)c2-c2cccs2)cc1. The van der Waals surface area contributed by atoms with E-state index in [9.17, 15) is 9.59 Å². The topological polar surface area (TPSA) is 74.1 Å². The molecule has 0 saturated carbocycles. The number of aromatic nitrogens is 3. The summed E-state index contributed by atoms with van der Waals surface area (Å²) >= 11 is 1.50. The summed E-state index contributed by atoms with van der Waals surface area (Å²) in [5, 5.41) is 9.85. The number of carbonyl (C=O) groups is 2. The van der Waals surface area contributed by atoms with Crippen LogP contribution < -0.4 is 0 Å². The molecule has 0 fully saturated rings. The van der Waals surface area contributed by atoms with Gasteiger partial charge in [-0.3, -0.25) is 4.79 Å². The van der Waals surface area contributed by atoms with Gasteiger partial charge >= 0.3 is 5.97 Å². The highest BCUT2D eigenvalue weighted by Gasteiger charge is 2.17. The van der Waals surface area contributed by atoms with Crippen LogP contribution >= 0.6 is 11.3 Å². The van der Waals surface area contributed by atoms with Gasteiger partial charge in [0.25, 0.3) is 0 Å². The number of carbonyl (C=O) groups excluding carboxylic acids is 2. The minimum Gasteiger partial charge on any atom is -0.465 e. The van der Waals surface area contributed by atoms with Crippen molar-refractivity contribution in [3.8, 4) is 16.3 Å². The summed E-state index contributed by atoms with van der Waals surface area (Å²) in [6.45, 7) is 0. The predicted molar refractivity (Wildman–Crippen MR) is 81.4 cm³/mol. The molecule has 0 bridgehead atoms. The van der Waals surface area contributed by atoms with E-state index >= 15 is 0 Å². The summed E-state index contributed by atoms with van der Waals surface area (Å²) in [7, 11) is 1.33. The summed E-state index contributed by atoms with van der Waals surface area (Å²) in [5.41, 5.74) is 2.06. The van der Waals surface area contributed by atoms with Crippen molar-refractivity contribution in [3.63, 3.8) is 0 Å². The molecule has 0 aliphatic rings. The van der Waals surface area contributed by atoms with Gasteiger partial charge in [-0.05, 0) is 35.7 Å². The number of aldehydes is 1. The standard InChI is InChI=1S/C15H11N3O3S/c1-21-15(20)10-4-6-11(7-5-10)18-14(12(9-19)16-17-18)13-3-2-8-22-13/h2-9H,1H3. The van der Waals surface area contributed by atoms with E-state index in [0.717, 1.165) is 4.88 Å². The first-order chi connectivity index (χ1) is 10.7. The van der Waals surface area contributed by atoms with Crippen molar-refractivity contribution >= 4 is 23.6 Å². The first-order valence-corrected chi connectivity index (χ1v) is 7.26. The van der Waals surface area contributed by atoms with Crippen molar-refractivity contribution < 1.29 is 14.3 Å². The Kier molecular flexibility index (Phi) is 3.80. The van der Waals surface area contributed by atoms with Crippen LogP contribution in [0.2, 0.25) is 0 Å². The summed E-state index contributed by atoms with van der Waals surface area (Å²) in [5.74, 6) is -0.405. The molecule has 3 rings (SSSR count). The minimum absolute atomic E-state index is 0.277. The smallest absolute Gasteiger partial charge is 0.337 e. The van der Waals surface area contributed by atoms with Crippen LogP contribution in [0.4, 0.5) is 0 Å². The second-order valence-corrected chi connectivity index (χ2v) is 5.32. The Morgan fingerprint density at radius 1 is 1.27 bits per heavy atom. The minimum atomic E-state index is -0.405. The number of hydrogen-bond acceptors (Lipinski definition) is 6. The van der Waals surface area contributed by atoms with Crippen LogP contribution in [-0.4, -0.2) is 34.4 Å². The van der Waals surface area contributed by atoms with E-state index in [-0.39, 0.29) is 5.69 Å². The van der Waals surface area contributed by atoms with Gasteiger partial charge in [-0.25, -0.2) is 9.48 Å². The summed E-state index contributed by atoms with van der Waals surface area (Å²) in [4.78, 5) is 23.5. The van der Waals surface area contributed by atoms with Crippen LogP contribution in [0.5, 0.6) is 0 Å². The maximum Gasteiger partial charge on any atom is 0.337 e. The van der Waals surface area contributed by atoms with E-state index < -0.39 is 5.97 Å². The fraction of sp³-hybridized carbons (Fsp3) is 0.0667. The van der Waals surface area contributed by atoms with Gasteiger partial charge in [0, 0.05) is 0 Å². The fourth-order valence-electron chi connectivity index (χ4n) is 2.05. The van der Waals surface area contributed by atoms with E-state index in [1.165, 1.54) is 18.4 Å².